The minimum absolute atomic E-state index is 0.429. The van der Waals surface area contributed by atoms with E-state index in [1.54, 1.807) is 0 Å². The first-order valence-electron chi connectivity index (χ1n) is 6.05. The largest absolute Gasteiger partial charge is 0.454 e. The van der Waals surface area contributed by atoms with Gasteiger partial charge in [0.1, 0.15) is 5.76 Å². The summed E-state index contributed by atoms with van der Waals surface area (Å²) in [6.45, 7) is 5.60. The van der Waals surface area contributed by atoms with Gasteiger partial charge in [-0.1, -0.05) is 26.7 Å². The monoisotopic (exact) mass is 333 g/mol. The molecule has 1 N–H and O–H groups in total. The molecule has 1 aromatic rings. The van der Waals surface area contributed by atoms with Crippen molar-refractivity contribution in [2.24, 2.45) is 5.41 Å². The molecule has 0 spiro atoms. The van der Waals surface area contributed by atoms with Crippen molar-refractivity contribution in [3.63, 3.8) is 0 Å². The van der Waals surface area contributed by atoms with Gasteiger partial charge < -0.3 is 9.73 Å². The molecule has 90 valence electrons. The fourth-order valence-electron chi connectivity index (χ4n) is 2.54. The second-order valence-electron chi connectivity index (χ2n) is 5.37. The maximum atomic E-state index is 5.57. The SMILES string of the molecule is CC1(C)CCCCC1NCc1ccc(I)o1. The van der Waals surface area contributed by atoms with Gasteiger partial charge in [-0.05, 0) is 53.0 Å². The summed E-state index contributed by atoms with van der Waals surface area (Å²) in [5.41, 5.74) is 0.429. The van der Waals surface area contributed by atoms with E-state index in [0.717, 1.165) is 16.1 Å². The minimum Gasteiger partial charge on any atom is -0.454 e. The molecule has 1 saturated carbocycles. The molecular weight excluding hydrogens is 313 g/mol. The molecule has 1 aliphatic rings. The Labute approximate surface area is 111 Å². The van der Waals surface area contributed by atoms with Gasteiger partial charge in [0.25, 0.3) is 0 Å². The quantitative estimate of drug-likeness (QED) is 0.848. The molecule has 1 fully saturated rings. The second-order valence-corrected chi connectivity index (χ2v) is 6.44. The molecule has 1 aliphatic carbocycles. The summed E-state index contributed by atoms with van der Waals surface area (Å²) in [6.07, 6.45) is 5.37. The number of halogens is 1. The van der Waals surface area contributed by atoms with Crippen LogP contribution in [0, 0.1) is 9.18 Å². The molecule has 2 nitrogen and oxygen atoms in total. The number of hydrogen-bond acceptors (Lipinski definition) is 2. The van der Waals surface area contributed by atoms with Crippen molar-refractivity contribution in [3.8, 4) is 0 Å². The van der Waals surface area contributed by atoms with Crippen molar-refractivity contribution in [3.05, 3.63) is 21.7 Å². The zero-order valence-electron chi connectivity index (χ0n) is 10.1. The Morgan fingerprint density at radius 1 is 1.44 bits per heavy atom. The highest BCUT2D eigenvalue weighted by Crippen LogP contribution is 2.35. The van der Waals surface area contributed by atoms with Gasteiger partial charge in [0, 0.05) is 6.04 Å². The third kappa shape index (κ3) is 3.00. The molecular formula is C13H20INO. The van der Waals surface area contributed by atoms with Gasteiger partial charge in [0.05, 0.1) is 6.54 Å². The minimum atomic E-state index is 0.429. The van der Waals surface area contributed by atoms with Crippen molar-refractivity contribution in [1.29, 1.82) is 0 Å². The normalized spacial score (nSPS) is 24.6. The number of furan rings is 1. The van der Waals surface area contributed by atoms with E-state index in [4.69, 9.17) is 4.42 Å². The Balaban J connectivity index is 1.89. The van der Waals surface area contributed by atoms with Crippen LogP contribution >= 0.6 is 22.6 Å². The van der Waals surface area contributed by atoms with Crippen LogP contribution in [0.3, 0.4) is 0 Å². The summed E-state index contributed by atoms with van der Waals surface area (Å²) in [7, 11) is 0. The third-order valence-corrected chi connectivity index (χ3v) is 4.24. The molecule has 2 rings (SSSR count). The molecule has 1 unspecified atom stereocenters. The van der Waals surface area contributed by atoms with Crippen molar-refractivity contribution < 1.29 is 4.42 Å². The lowest BCUT2D eigenvalue weighted by Gasteiger charge is -2.39. The van der Waals surface area contributed by atoms with E-state index in [1.165, 1.54) is 25.7 Å². The molecule has 0 aromatic carbocycles. The lowest BCUT2D eigenvalue weighted by Crippen LogP contribution is -2.43. The van der Waals surface area contributed by atoms with Gasteiger partial charge in [0.15, 0.2) is 3.77 Å². The average Bonchev–Trinajstić information content (AvgIpc) is 2.62. The van der Waals surface area contributed by atoms with Crippen LogP contribution in [-0.2, 0) is 6.54 Å². The maximum absolute atomic E-state index is 5.57. The Kier molecular flexibility index (Phi) is 3.95. The summed E-state index contributed by atoms with van der Waals surface area (Å²) in [5, 5.41) is 3.64. The highest BCUT2D eigenvalue weighted by molar-refractivity contribution is 14.1. The van der Waals surface area contributed by atoms with Crippen molar-refractivity contribution in [1.82, 2.24) is 5.32 Å². The van der Waals surface area contributed by atoms with Crippen LogP contribution in [0.5, 0.6) is 0 Å². The van der Waals surface area contributed by atoms with Crippen LogP contribution < -0.4 is 5.32 Å². The zero-order chi connectivity index (χ0) is 11.6. The molecule has 3 heteroatoms. The zero-order valence-corrected chi connectivity index (χ0v) is 12.2. The van der Waals surface area contributed by atoms with Crippen LogP contribution in [-0.4, -0.2) is 6.04 Å². The molecule has 0 amide bonds. The summed E-state index contributed by atoms with van der Waals surface area (Å²) in [5.74, 6) is 1.05. The first-order chi connectivity index (χ1) is 7.58. The molecule has 0 saturated heterocycles. The summed E-state index contributed by atoms with van der Waals surface area (Å²) in [6, 6.07) is 4.71. The van der Waals surface area contributed by atoms with Gasteiger partial charge in [-0.3, -0.25) is 0 Å². The Bertz CT molecular complexity index is 345. The van der Waals surface area contributed by atoms with Crippen LogP contribution in [0.15, 0.2) is 16.5 Å². The van der Waals surface area contributed by atoms with Gasteiger partial charge in [-0.15, -0.1) is 0 Å². The van der Waals surface area contributed by atoms with Gasteiger partial charge >= 0.3 is 0 Å². The lowest BCUT2D eigenvalue weighted by molar-refractivity contribution is 0.164. The van der Waals surface area contributed by atoms with Crippen molar-refractivity contribution in [2.45, 2.75) is 52.1 Å². The van der Waals surface area contributed by atoms with Crippen molar-refractivity contribution in [2.75, 3.05) is 0 Å². The van der Waals surface area contributed by atoms with Crippen LogP contribution in [0.25, 0.3) is 0 Å². The molecule has 0 bridgehead atoms. The van der Waals surface area contributed by atoms with Crippen molar-refractivity contribution >= 4 is 22.6 Å². The predicted molar refractivity (Wildman–Crippen MR) is 74.3 cm³/mol. The predicted octanol–water partition coefficient (Wildman–Crippen LogP) is 3.94. The van der Waals surface area contributed by atoms with E-state index in [2.05, 4.69) is 47.8 Å². The number of rotatable bonds is 3. The summed E-state index contributed by atoms with van der Waals surface area (Å²) in [4.78, 5) is 0. The van der Waals surface area contributed by atoms with E-state index in [-0.39, 0.29) is 0 Å². The van der Waals surface area contributed by atoms with Gasteiger partial charge in [-0.25, -0.2) is 0 Å². The fraction of sp³-hybridized carbons (Fsp3) is 0.692. The van der Waals surface area contributed by atoms with Crippen LogP contribution in [0.2, 0.25) is 0 Å². The van der Waals surface area contributed by atoms with Crippen LogP contribution in [0.4, 0.5) is 0 Å². The standard InChI is InChI=1S/C13H20INO/c1-13(2)8-4-3-5-11(13)15-9-10-6-7-12(14)16-10/h6-7,11,15H,3-5,8-9H2,1-2H3. The number of hydrogen-bond donors (Lipinski definition) is 1. The first-order valence-corrected chi connectivity index (χ1v) is 7.13. The second kappa shape index (κ2) is 5.08. The summed E-state index contributed by atoms with van der Waals surface area (Å²) < 4.78 is 6.54. The fourth-order valence-corrected chi connectivity index (χ4v) is 3.01. The van der Waals surface area contributed by atoms with E-state index in [1.807, 2.05) is 6.07 Å². The molecule has 0 aliphatic heterocycles. The highest BCUT2D eigenvalue weighted by Gasteiger charge is 2.31. The molecule has 1 aromatic heterocycles. The van der Waals surface area contributed by atoms with E-state index < -0.39 is 0 Å². The van der Waals surface area contributed by atoms with E-state index >= 15 is 0 Å². The topological polar surface area (TPSA) is 25.2 Å². The molecule has 0 radical (unpaired) electrons. The first kappa shape index (κ1) is 12.4. The Morgan fingerprint density at radius 3 is 2.88 bits per heavy atom. The highest BCUT2D eigenvalue weighted by atomic mass is 127. The Hall–Kier alpha value is -0.0300. The molecule has 16 heavy (non-hydrogen) atoms. The Morgan fingerprint density at radius 2 is 2.25 bits per heavy atom. The lowest BCUT2D eigenvalue weighted by atomic mass is 9.73. The van der Waals surface area contributed by atoms with Gasteiger partial charge in [0.2, 0.25) is 0 Å². The van der Waals surface area contributed by atoms with Gasteiger partial charge in [-0.2, -0.15) is 0 Å². The number of nitrogens with one attached hydrogen (secondary N) is 1. The summed E-state index contributed by atoms with van der Waals surface area (Å²) >= 11 is 2.21. The van der Waals surface area contributed by atoms with E-state index in [9.17, 15) is 0 Å². The van der Waals surface area contributed by atoms with Crippen LogP contribution in [0.1, 0.15) is 45.3 Å². The smallest absolute Gasteiger partial charge is 0.164 e. The van der Waals surface area contributed by atoms with E-state index in [0.29, 0.717) is 11.5 Å². The molecule has 1 heterocycles. The maximum Gasteiger partial charge on any atom is 0.164 e. The molecule has 1 atom stereocenters. The third-order valence-electron chi connectivity index (χ3n) is 3.66. The average molecular weight is 333 g/mol.